The molecule has 0 saturated heterocycles. The summed E-state index contributed by atoms with van der Waals surface area (Å²) in [5, 5.41) is 16.2. The van der Waals surface area contributed by atoms with Gasteiger partial charge in [-0.15, -0.1) is 0 Å². The summed E-state index contributed by atoms with van der Waals surface area (Å²) in [7, 11) is 0. The first kappa shape index (κ1) is 13.1. The normalized spacial score (nSPS) is 11.3. The molecule has 2 N–H and O–H groups in total. The van der Waals surface area contributed by atoms with Crippen molar-refractivity contribution in [3.63, 3.8) is 0 Å². The zero-order valence-electron chi connectivity index (χ0n) is 4.71. The number of carboxylic acids is 2. The Morgan fingerprint density at radius 2 is 1.80 bits per heavy atom. The van der Waals surface area contributed by atoms with Crippen LogP contribution < -0.4 is 0 Å². The Kier molecular flexibility index (Phi) is 8.11. The van der Waals surface area contributed by atoms with Gasteiger partial charge in [-0.25, -0.2) is 0 Å². The van der Waals surface area contributed by atoms with Gasteiger partial charge in [-0.05, 0) is 0 Å². The summed E-state index contributed by atoms with van der Waals surface area (Å²) in [5.41, 5.74) is 0. The molecular formula is C4H5AuO4Te. The van der Waals surface area contributed by atoms with Gasteiger partial charge in [0.15, 0.2) is 0 Å². The minimum absolute atomic E-state index is 0. The van der Waals surface area contributed by atoms with Crippen LogP contribution in [0.1, 0.15) is 6.42 Å². The van der Waals surface area contributed by atoms with Gasteiger partial charge in [0.05, 0.1) is 0 Å². The van der Waals surface area contributed by atoms with Gasteiger partial charge in [0.25, 0.3) is 0 Å². The molecule has 0 aliphatic heterocycles. The van der Waals surface area contributed by atoms with E-state index in [9.17, 15) is 9.59 Å². The van der Waals surface area contributed by atoms with Crippen molar-refractivity contribution in [1.82, 2.24) is 0 Å². The molecule has 62 valence electrons. The summed E-state index contributed by atoms with van der Waals surface area (Å²) in [4.78, 5) is 19.8. The molecule has 2 radical (unpaired) electrons. The molecule has 0 heterocycles. The fourth-order valence-corrected chi connectivity index (χ4v) is 0.653. The van der Waals surface area contributed by atoms with Crippen molar-refractivity contribution in [1.29, 1.82) is 0 Å². The Balaban J connectivity index is 0. The van der Waals surface area contributed by atoms with Gasteiger partial charge in [-0.2, -0.15) is 0 Å². The van der Waals surface area contributed by atoms with Gasteiger partial charge >= 0.3 is 64.4 Å². The summed E-state index contributed by atoms with van der Waals surface area (Å²) < 4.78 is -0.779. The molecule has 10 heavy (non-hydrogen) atoms. The first-order chi connectivity index (χ1) is 4.04. The maximum absolute atomic E-state index is 9.97. The van der Waals surface area contributed by atoms with E-state index < -0.39 is 15.9 Å². The molecule has 1 atom stereocenters. The molecule has 0 aliphatic carbocycles. The van der Waals surface area contributed by atoms with Crippen molar-refractivity contribution in [2.45, 2.75) is 10.4 Å². The molecule has 0 amide bonds. The predicted octanol–water partition coefficient (Wildman–Crippen LogP) is -0.500. The van der Waals surface area contributed by atoms with Crippen molar-refractivity contribution in [3.8, 4) is 0 Å². The zero-order chi connectivity index (χ0) is 7.44. The molecule has 0 spiro atoms. The third kappa shape index (κ3) is 6.59. The monoisotopic (exact) mass is 444 g/mol. The standard InChI is InChI=1S/C4H5O4Te.Au/c5-3(6)1-2(9)4(7)8;/h2H,1H2,(H,5,6)(H,7,8);. The van der Waals surface area contributed by atoms with Crippen LogP contribution in [0.15, 0.2) is 0 Å². The van der Waals surface area contributed by atoms with Crippen LogP contribution in [-0.4, -0.2) is 44.4 Å². The van der Waals surface area contributed by atoms with Crippen LogP contribution in [0.3, 0.4) is 0 Å². The van der Waals surface area contributed by atoms with Crippen molar-refractivity contribution in [2.75, 3.05) is 0 Å². The SMILES string of the molecule is O=C(O)CC([Te])C(=O)O.[Au]. The molecule has 1 unspecified atom stereocenters. The van der Waals surface area contributed by atoms with Gasteiger partial charge in [-0.1, -0.05) is 0 Å². The van der Waals surface area contributed by atoms with Crippen LogP contribution in [0.25, 0.3) is 0 Å². The van der Waals surface area contributed by atoms with E-state index in [1.807, 2.05) is 0 Å². The molecule has 0 aromatic carbocycles. The minimum Gasteiger partial charge on any atom is 0 e. The first-order valence-electron chi connectivity index (χ1n) is 2.14. The van der Waals surface area contributed by atoms with Crippen LogP contribution in [0.2, 0.25) is 3.97 Å². The van der Waals surface area contributed by atoms with E-state index in [-0.39, 0.29) is 28.8 Å². The van der Waals surface area contributed by atoms with Gasteiger partial charge in [-0.3, -0.25) is 0 Å². The smallest absolute Gasteiger partial charge is 0 e. The van der Waals surface area contributed by atoms with Crippen LogP contribution in [0.5, 0.6) is 0 Å². The average molecular weight is 442 g/mol. The van der Waals surface area contributed by atoms with Crippen LogP contribution in [0.4, 0.5) is 0 Å². The average Bonchev–Trinajstić information content (AvgIpc) is 1.63. The van der Waals surface area contributed by atoms with Crippen molar-refractivity contribution < 1.29 is 42.2 Å². The summed E-state index contributed by atoms with van der Waals surface area (Å²) in [6, 6.07) is 0. The number of hydrogen-bond acceptors (Lipinski definition) is 2. The first-order valence-corrected chi connectivity index (χ1v) is 3.49. The van der Waals surface area contributed by atoms with E-state index >= 15 is 0 Å². The Morgan fingerprint density at radius 1 is 1.40 bits per heavy atom. The fraction of sp³-hybridized carbons (Fsp3) is 0.500. The van der Waals surface area contributed by atoms with Crippen molar-refractivity contribution in [2.24, 2.45) is 0 Å². The van der Waals surface area contributed by atoms with Crippen LogP contribution in [0, 0.1) is 0 Å². The zero-order valence-corrected chi connectivity index (χ0v) is 9.20. The fourth-order valence-electron chi connectivity index (χ4n) is 0.246. The molecule has 0 fully saturated rings. The van der Waals surface area contributed by atoms with E-state index in [2.05, 4.69) is 0 Å². The van der Waals surface area contributed by atoms with E-state index in [0.29, 0.717) is 0 Å². The summed E-state index contributed by atoms with van der Waals surface area (Å²) >= 11 is 1.29. The number of hydrogen-bond donors (Lipinski definition) is 2. The predicted molar refractivity (Wildman–Crippen MR) is 29.4 cm³/mol. The number of aliphatic carboxylic acids is 2. The molecule has 4 nitrogen and oxygen atoms in total. The maximum atomic E-state index is 9.97. The molecule has 0 bridgehead atoms. The Bertz CT molecular complexity index is 137. The van der Waals surface area contributed by atoms with Crippen LogP contribution in [-0.2, 0) is 32.0 Å². The van der Waals surface area contributed by atoms with Crippen LogP contribution >= 0.6 is 0 Å². The van der Waals surface area contributed by atoms with Crippen molar-refractivity contribution in [3.05, 3.63) is 0 Å². The van der Waals surface area contributed by atoms with Gasteiger partial charge in [0.1, 0.15) is 0 Å². The second kappa shape index (κ2) is 6.20. The maximum Gasteiger partial charge on any atom is 0 e. The van der Waals surface area contributed by atoms with E-state index in [1.54, 1.807) is 0 Å². The Morgan fingerprint density at radius 3 is 1.90 bits per heavy atom. The molecular weight excluding hydrogens is 437 g/mol. The summed E-state index contributed by atoms with van der Waals surface area (Å²) in [6.45, 7) is 0. The number of carboxylic acid groups (broad SMARTS) is 2. The summed E-state index contributed by atoms with van der Waals surface area (Å²) in [5.74, 6) is -2.14. The largest absolute Gasteiger partial charge is 0 e. The molecule has 0 aromatic heterocycles. The molecule has 0 saturated carbocycles. The van der Waals surface area contributed by atoms with Crippen molar-refractivity contribution >= 4 is 34.2 Å². The number of carbonyl (C=O) groups is 2. The van der Waals surface area contributed by atoms with Gasteiger partial charge < -0.3 is 0 Å². The Labute approximate surface area is 86.4 Å². The molecule has 0 aliphatic rings. The molecule has 0 rings (SSSR count). The van der Waals surface area contributed by atoms with Gasteiger partial charge in [0.2, 0.25) is 0 Å². The summed E-state index contributed by atoms with van der Waals surface area (Å²) in [6.07, 6.45) is -0.306. The third-order valence-corrected chi connectivity index (χ3v) is 1.69. The van der Waals surface area contributed by atoms with E-state index in [0.717, 1.165) is 0 Å². The molecule has 6 heteroatoms. The minimum atomic E-state index is -1.08. The molecule has 0 aromatic rings. The van der Waals surface area contributed by atoms with E-state index in [1.165, 1.54) is 22.3 Å². The Hall–Kier alpha value is 0.470. The quantitative estimate of drug-likeness (QED) is 0.579. The van der Waals surface area contributed by atoms with E-state index in [4.69, 9.17) is 10.2 Å². The topological polar surface area (TPSA) is 74.6 Å². The second-order valence-corrected chi connectivity index (χ2v) is 3.05. The van der Waals surface area contributed by atoms with Gasteiger partial charge in [0, 0.05) is 22.4 Å². The third-order valence-electron chi connectivity index (χ3n) is 0.635. The second-order valence-electron chi connectivity index (χ2n) is 1.42. The number of rotatable bonds is 3.